The van der Waals surface area contributed by atoms with Gasteiger partial charge in [0.2, 0.25) is 0 Å². The van der Waals surface area contributed by atoms with E-state index in [-0.39, 0.29) is 18.1 Å². The van der Waals surface area contributed by atoms with Gasteiger partial charge < -0.3 is 15.4 Å². The van der Waals surface area contributed by atoms with E-state index in [1.54, 1.807) is 4.68 Å². The zero-order chi connectivity index (χ0) is 15.0. The van der Waals surface area contributed by atoms with Crippen LogP contribution in [0.15, 0.2) is 24.3 Å². The molecule has 1 aromatic carbocycles. The van der Waals surface area contributed by atoms with Crippen molar-refractivity contribution in [2.75, 3.05) is 19.7 Å². The third kappa shape index (κ3) is 2.41. The van der Waals surface area contributed by atoms with Gasteiger partial charge in [-0.1, -0.05) is 18.2 Å². The Labute approximate surface area is 123 Å². The Bertz CT molecular complexity index is 667. The van der Waals surface area contributed by atoms with E-state index in [0.717, 1.165) is 10.9 Å². The Morgan fingerprint density at radius 2 is 2.24 bits per heavy atom. The molecule has 3 rings (SSSR count). The first-order valence-electron chi connectivity index (χ1n) is 7.16. The van der Waals surface area contributed by atoms with Crippen molar-refractivity contribution in [3.05, 3.63) is 30.0 Å². The number of hydrogen-bond donors (Lipinski definition) is 1. The lowest BCUT2D eigenvalue weighted by atomic mass is 10.1. The lowest BCUT2D eigenvalue weighted by molar-refractivity contribution is -0.0427. The summed E-state index contributed by atoms with van der Waals surface area (Å²) in [7, 11) is 1.85. The standard InChI is InChI=1S/C15H20N4O2/c1-10-9-21-11(7-16)8-19(10)15(20)14-12-5-3-4-6-13(12)18(2)17-14/h3-6,10-11H,7-9,16H2,1-2H3. The molecule has 0 aliphatic carbocycles. The second-order valence-corrected chi connectivity index (χ2v) is 5.49. The number of rotatable bonds is 2. The number of carbonyl (C=O) groups excluding carboxylic acids is 1. The molecule has 1 saturated heterocycles. The average Bonchev–Trinajstić information content (AvgIpc) is 2.85. The van der Waals surface area contributed by atoms with Crippen molar-refractivity contribution in [1.29, 1.82) is 0 Å². The molecule has 2 unspecified atom stereocenters. The number of nitrogens with two attached hydrogens (primary N) is 1. The number of aryl methyl sites for hydroxylation is 1. The minimum absolute atomic E-state index is 0.0288. The van der Waals surface area contributed by atoms with Crippen LogP contribution in [0.4, 0.5) is 0 Å². The highest BCUT2D eigenvalue weighted by Crippen LogP contribution is 2.21. The number of carbonyl (C=O) groups is 1. The molecule has 1 amide bonds. The van der Waals surface area contributed by atoms with Gasteiger partial charge >= 0.3 is 0 Å². The predicted molar refractivity (Wildman–Crippen MR) is 80.0 cm³/mol. The summed E-state index contributed by atoms with van der Waals surface area (Å²) in [6, 6.07) is 7.79. The van der Waals surface area contributed by atoms with Gasteiger partial charge in [-0.05, 0) is 13.0 Å². The highest BCUT2D eigenvalue weighted by molar-refractivity contribution is 6.05. The zero-order valence-electron chi connectivity index (χ0n) is 12.3. The van der Waals surface area contributed by atoms with Crippen molar-refractivity contribution in [2.45, 2.75) is 19.1 Å². The molecule has 1 aliphatic rings. The summed E-state index contributed by atoms with van der Waals surface area (Å²) in [5.74, 6) is -0.0546. The molecule has 2 aromatic rings. The Morgan fingerprint density at radius 3 is 3.00 bits per heavy atom. The molecule has 1 aromatic heterocycles. The number of para-hydroxylation sites is 1. The number of ether oxygens (including phenoxy) is 1. The van der Waals surface area contributed by atoms with Gasteiger partial charge in [-0.25, -0.2) is 0 Å². The van der Waals surface area contributed by atoms with E-state index < -0.39 is 0 Å². The van der Waals surface area contributed by atoms with Crippen LogP contribution in [0.25, 0.3) is 10.9 Å². The fourth-order valence-electron chi connectivity index (χ4n) is 2.75. The maximum atomic E-state index is 12.9. The van der Waals surface area contributed by atoms with E-state index in [0.29, 0.717) is 25.4 Å². The summed E-state index contributed by atoms with van der Waals surface area (Å²) in [6.45, 7) is 3.43. The fourth-order valence-corrected chi connectivity index (χ4v) is 2.75. The summed E-state index contributed by atoms with van der Waals surface area (Å²) in [5, 5.41) is 5.29. The van der Waals surface area contributed by atoms with Crippen LogP contribution < -0.4 is 5.73 Å². The smallest absolute Gasteiger partial charge is 0.275 e. The fraction of sp³-hybridized carbons (Fsp3) is 0.467. The molecule has 0 saturated carbocycles. The molecule has 2 atom stereocenters. The maximum Gasteiger partial charge on any atom is 0.275 e. The zero-order valence-corrected chi connectivity index (χ0v) is 12.3. The molecule has 6 heteroatoms. The number of nitrogens with zero attached hydrogens (tertiary/aromatic N) is 3. The Balaban J connectivity index is 1.96. The normalized spacial score (nSPS) is 22.7. The minimum Gasteiger partial charge on any atom is -0.373 e. The van der Waals surface area contributed by atoms with Gasteiger partial charge in [-0.2, -0.15) is 5.10 Å². The summed E-state index contributed by atoms with van der Waals surface area (Å²) in [4.78, 5) is 14.7. The van der Waals surface area contributed by atoms with Gasteiger partial charge in [0, 0.05) is 25.5 Å². The predicted octanol–water partition coefficient (Wildman–Crippen LogP) is 0.762. The topological polar surface area (TPSA) is 73.4 Å². The van der Waals surface area contributed by atoms with Gasteiger partial charge in [-0.15, -0.1) is 0 Å². The molecule has 1 aliphatic heterocycles. The number of amides is 1. The largest absolute Gasteiger partial charge is 0.373 e. The summed E-state index contributed by atoms with van der Waals surface area (Å²) < 4.78 is 7.35. The average molecular weight is 288 g/mol. The highest BCUT2D eigenvalue weighted by Gasteiger charge is 2.31. The van der Waals surface area contributed by atoms with E-state index in [1.807, 2.05) is 43.1 Å². The van der Waals surface area contributed by atoms with Crippen LogP contribution in [-0.4, -0.2) is 52.4 Å². The van der Waals surface area contributed by atoms with Crippen LogP contribution in [0.5, 0.6) is 0 Å². The number of morpholine rings is 1. The third-order valence-corrected chi connectivity index (χ3v) is 3.99. The van der Waals surface area contributed by atoms with Crippen LogP contribution in [-0.2, 0) is 11.8 Å². The van der Waals surface area contributed by atoms with Crippen molar-refractivity contribution in [2.24, 2.45) is 12.8 Å². The molecule has 0 radical (unpaired) electrons. The van der Waals surface area contributed by atoms with Gasteiger partial charge in [-0.3, -0.25) is 9.48 Å². The minimum atomic E-state index is -0.0971. The third-order valence-electron chi connectivity index (χ3n) is 3.99. The summed E-state index contributed by atoms with van der Waals surface area (Å²) >= 11 is 0. The second kappa shape index (κ2) is 5.46. The molecule has 2 N–H and O–H groups in total. The van der Waals surface area contributed by atoms with Crippen LogP contribution >= 0.6 is 0 Å². The number of benzene rings is 1. The number of fused-ring (bicyclic) bond motifs is 1. The second-order valence-electron chi connectivity index (χ2n) is 5.49. The van der Waals surface area contributed by atoms with E-state index in [2.05, 4.69) is 5.10 Å². The molecule has 0 bridgehead atoms. The van der Waals surface area contributed by atoms with Crippen LogP contribution in [0.3, 0.4) is 0 Å². The lowest BCUT2D eigenvalue weighted by Crippen LogP contribution is -2.53. The maximum absolute atomic E-state index is 12.9. The van der Waals surface area contributed by atoms with E-state index in [9.17, 15) is 4.79 Å². The van der Waals surface area contributed by atoms with E-state index in [4.69, 9.17) is 10.5 Å². The van der Waals surface area contributed by atoms with Crippen molar-refractivity contribution in [3.63, 3.8) is 0 Å². The van der Waals surface area contributed by atoms with Crippen LogP contribution in [0.1, 0.15) is 17.4 Å². The number of aromatic nitrogens is 2. The molecule has 6 nitrogen and oxygen atoms in total. The van der Waals surface area contributed by atoms with Crippen molar-refractivity contribution < 1.29 is 9.53 Å². The first-order chi connectivity index (χ1) is 10.1. The Hall–Kier alpha value is -1.92. The molecule has 21 heavy (non-hydrogen) atoms. The molecule has 0 spiro atoms. The van der Waals surface area contributed by atoms with Crippen molar-refractivity contribution >= 4 is 16.8 Å². The molecule has 2 heterocycles. The molecule has 1 fully saturated rings. The SMILES string of the molecule is CC1COC(CN)CN1C(=O)c1nn(C)c2ccccc12. The first kappa shape index (κ1) is 14.0. The molecular weight excluding hydrogens is 268 g/mol. The van der Waals surface area contributed by atoms with E-state index >= 15 is 0 Å². The van der Waals surface area contributed by atoms with Gasteiger partial charge in [0.05, 0.1) is 24.3 Å². The lowest BCUT2D eigenvalue weighted by Gasteiger charge is -2.37. The molecular formula is C15H20N4O2. The summed E-state index contributed by atoms with van der Waals surface area (Å²) in [6.07, 6.45) is -0.0971. The highest BCUT2D eigenvalue weighted by atomic mass is 16.5. The quantitative estimate of drug-likeness (QED) is 0.885. The van der Waals surface area contributed by atoms with Crippen molar-refractivity contribution in [3.8, 4) is 0 Å². The Kier molecular flexibility index (Phi) is 3.65. The molecule has 112 valence electrons. The first-order valence-corrected chi connectivity index (χ1v) is 7.16. The van der Waals surface area contributed by atoms with Crippen molar-refractivity contribution in [1.82, 2.24) is 14.7 Å². The van der Waals surface area contributed by atoms with E-state index in [1.165, 1.54) is 0 Å². The monoisotopic (exact) mass is 288 g/mol. The van der Waals surface area contributed by atoms with Gasteiger partial charge in [0.1, 0.15) is 0 Å². The number of hydrogen-bond acceptors (Lipinski definition) is 4. The van der Waals surface area contributed by atoms with Gasteiger partial charge in [0.25, 0.3) is 5.91 Å². The van der Waals surface area contributed by atoms with Crippen LogP contribution in [0, 0.1) is 0 Å². The Morgan fingerprint density at radius 1 is 1.48 bits per heavy atom. The summed E-state index contributed by atoms with van der Waals surface area (Å²) in [5.41, 5.74) is 7.12. The van der Waals surface area contributed by atoms with Crippen LogP contribution in [0.2, 0.25) is 0 Å². The van der Waals surface area contributed by atoms with Gasteiger partial charge in [0.15, 0.2) is 5.69 Å².